The molecule has 0 spiro atoms. The van der Waals surface area contributed by atoms with E-state index in [2.05, 4.69) is 38.8 Å². The normalized spacial score (nSPS) is 13.4. The van der Waals surface area contributed by atoms with E-state index in [9.17, 15) is 14.9 Å². The lowest BCUT2D eigenvalue weighted by Gasteiger charge is -2.36. The van der Waals surface area contributed by atoms with Gasteiger partial charge in [-0.1, -0.05) is 36.1 Å². The molecule has 2 saturated heterocycles. The zero-order chi connectivity index (χ0) is 43.6. The Morgan fingerprint density at radius 1 is 0.705 bits per heavy atom. The molecule has 2 heterocycles. The second kappa shape index (κ2) is 22.3. The zero-order valence-corrected chi connectivity index (χ0v) is 33.9. The molecule has 14 nitrogen and oxygen atoms in total. The Kier molecular flexibility index (Phi) is 16.2. The molecule has 14 heteroatoms. The quantitative estimate of drug-likeness (QED) is 0.0957. The molecule has 2 aliphatic rings. The molecule has 6 rings (SSSR count). The second-order valence-corrected chi connectivity index (χ2v) is 13.3. The van der Waals surface area contributed by atoms with E-state index in [1.165, 1.54) is 26.4 Å². The second-order valence-electron chi connectivity index (χ2n) is 13.3. The number of nitrogens with zero attached hydrogens (tertiary/aromatic N) is 3. The molecule has 0 saturated carbocycles. The number of hydrogen-bond donors (Lipinski definition) is 3. The lowest BCUT2D eigenvalue weighted by atomic mass is 10.1. The van der Waals surface area contributed by atoms with E-state index in [4.69, 9.17) is 46.5 Å². The molecule has 310 valence electrons. The molecular weight excluding hydrogens is 777 g/mol. The largest absolute Gasteiger partial charge is 0.490 e. The third kappa shape index (κ3) is 12.1. The number of benzene rings is 4. The van der Waals surface area contributed by atoms with Crippen molar-refractivity contribution >= 4 is 35.3 Å². The standard InChI is InChI=1S/C24H23N3O4.C23H21N3O4/c1-4-13-30-21-11-9-17(23(24(21)29-3)31-19-15-27(2)16-19)10-12-22(28)26-20-8-6-5-7-18(20)14-25;1-3-12-29-20-10-8-16(22(23(20)28-2)30-18-14-25-15-18)9-11-21(27)26-19-7-5-4-6-17(19)13-24/h1,5-12,19H,13,15-16H2,2-3H3,(H,26,28);1,4-11,18,25H,12,14-15H2,2H3,(H,26,27)/b12-10+;11-9+. The van der Waals surface area contributed by atoms with Crippen molar-refractivity contribution in [1.29, 1.82) is 10.5 Å². The van der Waals surface area contributed by atoms with Gasteiger partial charge in [-0.15, -0.1) is 12.8 Å². The van der Waals surface area contributed by atoms with Crippen LogP contribution in [-0.2, 0) is 9.59 Å². The summed E-state index contributed by atoms with van der Waals surface area (Å²) < 4.78 is 34.4. The molecule has 0 aliphatic carbocycles. The fourth-order valence-electron chi connectivity index (χ4n) is 5.93. The highest BCUT2D eigenvalue weighted by molar-refractivity contribution is 6.03. The van der Waals surface area contributed by atoms with Gasteiger partial charge in [-0.05, 0) is 67.7 Å². The SMILES string of the molecule is C#CCOc1ccc(/C=C/C(=O)Nc2ccccc2C#N)c(OC2CN(C)C2)c1OC.C#CCOc1ccc(/C=C/C(=O)Nc2ccccc2C#N)c(OC2CNC2)c1OC. The maximum atomic E-state index is 12.4. The number of anilines is 2. The van der Waals surface area contributed by atoms with Gasteiger partial charge in [-0.2, -0.15) is 10.5 Å². The summed E-state index contributed by atoms with van der Waals surface area (Å²) in [7, 11) is 5.05. The minimum atomic E-state index is -0.374. The number of likely N-dealkylation sites (N-methyl/N-ethyl adjacent to an activating group) is 1. The zero-order valence-electron chi connectivity index (χ0n) is 33.9. The van der Waals surface area contributed by atoms with Crippen molar-refractivity contribution < 1.29 is 38.0 Å². The Balaban J connectivity index is 0.000000231. The van der Waals surface area contributed by atoms with Crippen LogP contribution in [0.3, 0.4) is 0 Å². The van der Waals surface area contributed by atoms with Crippen molar-refractivity contribution in [2.24, 2.45) is 0 Å². The number of nitriles is 2. The predicted octanol–water partition coefficient (Wildman–Crippen LogP) is 5.50. The van der Waals surface area contributed by atoms with E-state index in [0.29, 0.717) is 81.2 Å². The first-order valence-electron chi connectivity index (χ1n) is 18.9. The summed E-state index contributed by atoms with van der Waals surface area (Å²) in [5.74, 6) is 6.81. The van der Waals surface area contributed by atoms with E-state index in [-0.39, 0.29) is 37.2 Å². The molecule has 2 fully saturated rings. The number of likely N-dealkylation sites (tertiary alicyclic amines) is 1. The summed E-state index contributed by atoms with van der Waals surface area (Å²) in [5, 5.41) is 26.9. The monoisotopic (exact) mass is 820 g/mol. The van der Waals surface area contributed by atoms with Gasteiger partial charge in [0.2, 0.25) is 23.3 Å². The topological polar surface area (TPSA) is 176 Å². The number of hydrogen-bond acceptors (Lipinski definition) is 12. The highest BCUT2D eigenvalue weighted by Gasteiger charge is 2.28. The highest BCUT2D eigenvalue weighted by atomic mass is 16.5. The Bertz CT molecular complexity index is 2430. The van der Waals surface area contributed by atoms with Gasteiger partial charge in [-0.3, -0.25) is 14.5 Å². The number of ether oxygens (including phenoxy) is 6. The van der Waals surface area contributed by atoms with Gasteiger partial charge in [0.25, 0.3) is 0 Å². The maximum absolute atomic E-state index is 12.4. The molecule has 4 aromatic carbocycles. The Hall–Kier alpha value is -7.88. The number of carbonyl (C=O) groups excluding carboxylic acids is 2. The first-order chi connectivity index (χ1) is 29.7. The summed E-state index contributed by atoms with van der Waals surface area (Å²) in [4.78, 5) is 26.9. The van der Waals surface area contributed by atoms with Crippen molar-refractivity contribution in [3.05, 3.63) is 107 Å². The van der Waals surface area contributed by atoms with Crippen LogP contribution in [0.2, 0.25) is 0 Å². The first-order valence-corrected chi connectivity index (χ1v) is 18.9. The van der Waals surface area contributed by atoms with Gasteiger partial charge < -0.3 is 44.4 Å². The molecule has 0 bridgehead atoms. The van der Waals surface area contributed by atoms with E-state index >= 15 is 0 Å². The molecule has 0 radical (unpaired) electrons. The Morgan fingerprint density at radius 3 is 1.52 bits per heavy atom. The molecule has 3 N–H and O–H groups in total. The molecule has 2 amide bonds. The summed E-state index contributed by atoms with van der Waals surface area (Å²) in [6.07, 6.45) is 16.6. The van der Waals surface area contributed by atoms with E-state index in [1.807, 2.05) is 13.1 Å². The van der Waals surface area contributed by atoms with Crippen LogP contribution >= 0.6 is 0 Å². The molecule has 0 atom stereocenters. The third-order valence-electron chi connectivity index (χ3n) is 9.03. The summed E-state index contributed by atoms with van der Waals surface area (Å²) in [6, 6.07) is 24.7. The lowest BCUT2D eigenvalue weighted by molar-refractivity contribution is -0.112. The number of para-hydroxylation sites is 2. The lowest BCUT2D eigenvalue weighted by Crippen LogP contribution is -2.51. The predicted molar refractivity (Wildman–Crippen MR) is 231 cm³/mol. The average Bonchev–Trinajstić information content (AvgIpc) is 3.25. The number of amides is 2. The third-order valence-corrected chi connectivity index (χ3v) is 9.03. The fraction of sp³-hybridized carbons (Fsp3) is 0.234. The van der Waals surface area contributed by atoms with Gasteiger partial charge in [0.15, 0.2) is 23.0 Å². The number of methoxy groups -OCH3 is 2. The summed E-state index contributed by atoms with van der Waals surface area (Å²) >= 11 is 0. The fourth-order valence-corrected chi connectivity index (χ4v) is 5.93. The first kappa shape index (κ1) is 44.2. The van der Waals surface area contributed by atoms with Crippen molar-refractivity contribution in [3.8, 4) is 71.3 Å². The average molecular weight is 821 g/mol. The van der Waals surface area contributed by atoms with Crippen molar-refractivity contribution in [3.63, 3.8) is 0 Å². The van der Waals surface area contributed by atoms with Gasteiger partial charge in [0, 0.05) is 49.5 Å². The molecule has 2 aliphatic heterocycles. The van der Waals surface area contributed by atoms with Gasteiger partial charge in [0.1, 0.15) is 37.6 Å². The van der Waals surface area contributed by atoms with Crippen molar-refractivity contribution in [1.82, 2.24) is 10.2 Å². The van der Waals surface area contributed by atoms with Crippen LogP contribution in [-0.4, -0.2) is 89.6 Å². The minimum absolute atomic E-state index is 0.00488. The van der Waals surface area contributed by atoms with Crippen LogP contribution in [0.15, 0.2) is 84.9 Å². The van der Waals surface area contributed by atoms with Crippen LogP contribution in [0.1, 0.15) is 22.3 Å². The molecule has 0 unspecified atom stereocenters. The van der Waals surface area contributed by atoms with Gasteiger partial charge >= 0.3 is 0 Å². The van der Waals surface area contributed by atoms with E-state index < -0.39 is 0 Å². The number of terminal acetylenes is 2. The summed E-state index contributed by atoms with van der Waals surface area (Å²) in [6.45, 7) is 3.19. The van der Waals surface area contributed by atoms with Crippen molar-refractivity contribution in [2.45, 2.75) is 12.2 Å². The molecule has 0 aromatic heterocycles. The molecule has 61 heavy (non-hydrogen) atoms. The van der Waals surface area contributed by atoms with E-state index in [1.54, 1.807) is 84.9 Å². The maximum Gasteiger partial charge on any atom is 0.248 e. The van der Waals surface area contributed by atoms with Crippen LogP contribution in [0, 0.1) is 47.3 Å². The van der Waals surface area contributed by atoms with Crippen molar-refractivity contribution in [2.75, 3.05) is 71.3 Å². The minimum Gasteiger partial charge on any atom is -0.490 e. The van der Waals surface area contributed by atoms with Gasteiger partial charge in [0.05, 0.1) is 36.7 Å². The van der Waals surface area contributed by atoms with Crippen LogP contribution in [0.4, 0.5) is 11.4 Å². The Morgan fingerprint density at radius 2 is 1.15 bits per heavy atom. The Labute approximate surface area is 355 Å². The smallest absolute Gasteiger partial charge is 0.248 e. The van der Waals surface area contributed by atoms with E-state index in [0.717, 1.165) is 13.1 Å². The number of nitrogens with one attached hydrogen (secondary N) is 3. The molecule has 4 aromatic rings. The van der Waals surface area contributed by atoms with Crippen LogP contribution < -0.4 is 44.4 Å². The van der Waals surface area contributed by atoms with Gasteiger partial charge in [-0.25, -0.2) is 0 Å². The number of rotatable bonds is 16. The van der Waals surface area contributed by atoms with Crippen LogP contribution in [0.25, 0.3) is 12.2 Å². The van der Waals surface area contributed by atoms with Crippen LogP contribution in [0.5, 0.6) is 34.5 Å². The molecular formula is C47H44N6O8. The number of carbonyl (C=O) groups is 2. The highest BCUT2D eigenvalue weighted by Crippen LogP contribution is 2.43. The summed E-state index contributed by atoms with van der Waals surface area (Å²) in [5.41, 5.74) is 2.97.